The number of pyridine rings is 1. The molecule has 0 spiro atoms. The molecule has 2 fully saturated rings. The fraction of sp³-hybridized carbons (Fsp3) is 0.360. The molecule has 184 valence electrons. The van der Waals surface area contributed by atoms with Crippen molar-refractivity contribution < 1.29 is 14.7 Å². The van der Waals surface area contributed by atoms with Crippen LogP contribution >= 0.6 is 0 Å². The molecule has 0 aromatic carbocycles. The average molecular weight is 487 g/mol. The molecule has 4 N–H and O–H groups in total. The number of rotatable bonds is 5. The molecule has 6 heterocycles. The van der Waals surface area contributed by atoms with Crippen LogP contribution in [0.3, 0.4) is 0 Å². The van der Waals surface area contributed by atoms with Crippen LogP contribution in [0, 0.1) is 0 Å². The maximum absolute atomic E-state index is 12.7. The standard InChI is InChI=1S/C25H26N8O3/c1-13(35)22-23(15-8-16-3-4-17(9-15)32(16)21(36)12-34)30-25-18(11-29-33(25)24(22)26)14-2-5-19(27-10-14)20-6-7-28-31-20/h2,5-7,10-11,15-17,34H,3-4,8-9,12,26H2,1H3,(H,28,31). The SMILES string of the molecule is CC(=O)c1c(C2CC3CCC(C2)N3C(=O)CO)nc2c(-c3ccc(-c4ccn[nH]4)nc3)cnn2c1N. The van der Waals surface area contributed by atoms with E-state index in [-0.39, 0.29) is 35.5 Å². The molecular weight excluding hydrogens is 460 g/mol. The lowest BCUT2D eigenvalue weighted by molar-refractivity contribution is -0.138. The van der Waals surface area contributed by atoms with Crippen LogP contribution in [0.15, 0.2) is 36.8 Å². The summed E-state index contributed by atoms with van der Waals surface area (Å²) >= 11 is 0. The Hall–Kier alpha value is -4.12. The molecule has 2 bridgehead atoms. The molecule has 1 amide bonds. The Morgan fingerprint density at radius 1 is 1.17 bits per heavy atom. The lowest BCUT2D eigenvalue weighted by Gasteiger charge is -2.39. The molecule has 2 saturated heterocycles. The molecular formula is C25H26N8O3. The Bertz CT molecular complexity index is 1450. The van der Waals surface area contributed by atoms with Crippen LogP contribution < -0.4 is 5.73 Å². The molecule has 6 rings (SSSR count). The predicted octanol–water partition coefficient (Wildman–Crippen LogP) is 2.20. The van der Waals surface area contributed by atoms with E-state index in [4.69, 9.17) is 10.7 Å². The Kier molecular flexibility index (Phi) is 5.29. The van der Waals surface area contributed by atoms with Gasteiger partial charge in [-0.2, -0.15) is 14.7 Å². The predicted molar refractivity (Wildman–Crippen MR) is 131 cm³/mol. The van der Waals surface area contributed by atoms with Crippen molar-refractivity contribution in [2.75, 3.05) is 12.3 Å². The van der Waals surface area contributed by atoms with Crippen molar-refractivity contribution in [1.82, 2.24) is 34.7 Å². The van der Waals surface area contributed by atoms with E-state index in [2.05, 4.69) is 20.3 Å². The number of hydrogen-bond acceptors (Lipinski definition) is 8. The number of amides is 1. The molecule has 2 aliphatic rings. The number of anilines is 1. The van der Waals surface area contributed by atoms with Gasteiger partial charge in [-0.05, 0) is 44.7 Å². The quantitative estimate of drug-likeness (QED) is 0.363. The first-order valence-corrected chi connectivity index (χ1v) is 12.0. The van der Waals surface area contributed by atoms with E-state index in [9.17, 15) is 14.7 Å². The number of carbonyl (C=O) groups excluding carboxylic acids is 2. The van der Waals surface area contributed by atoms with Crippen molar-refractivity contribution >= 4 is 23.2 Å². The molecule has 0 saturated carbocycles. The highest BCUT2D eigenvalue weighted by molar-refractivity contribution is 6.00. The number of aromatic amines is 1. The monoisotopic (exact) mass is 486 g/mol. The second kappa shape index (κ2) is 8.52. The second-order valence-corrected chi connectivity index (χ2v) is 9.52. The fourth-order valence-electron chi connectivity index (χ4n) is 5.89. The third-order valence-electron chi connectivity index (χ3n) is 7.46. The minimum atomic E-state index is -0.486. The van der Waals surface area contributed by atoms with E-state index < -0.39 is 6.61 Å². The summed E-state index contributed by atoms with van der Waals surface area (Å²) in [5.41, 5.74) is 11.3. The summed E-state index contributed by atoms with van der Waals surface area (Å²) < 4.78 is 1.51. The Labute approximate surface area is 206 Å². The third-order valence-corrected chi connectivity index (χ3v) is 7.46. The number of nitrogens with two attached hydrogens (primary N) is 1. The molecule has 2 unspecified atom stereocenters. The zero-order valence-corrected chi connectivity index (χ0v) is 19.8. The Balaban J connectivity index is 1.42. The van der Waals surface area contributed by atoms with Gasteiger partial charge in [0.2, 0.25) is 5.91 Å². The lowest BCUT2D eigenvalue weighted by Crippen LogP contribution is -2.47. The van der Waals surface area contributed by atoms with E-state index in [1.54, 1.807) is 18.6 Å². The van der Waals surface area contributed by atoms with Gasteiger partial charge in [-0.25, -0.2) is 4.98 Å². The van der Waals surface area contributed by atoms with Gasteiger partial charge < -0.3 is 15.7 Å². The number of nitrogens with one attached hydrogen (secondary N) is 1. The zero-order chi connectivity index (χ0) is 25.0. The van der Waals surface area contributed by atoms with Gasteiger partial charge in [-0.1, -0.05) is 6.07 Å². The van der Waals surface area contributed by atoms with Gasteiger partial charge in [-0.3, -0.25) is 19.7 Å². The van der Waals surface area contributed by atoms with Gasteiger partial charge in [-0.15, -0.1) is 0 Å². The van der Waals surface area contributed by atoms with Gasteiger partial charge >= 0.3 is 0 Å². The van der Waals surface area contributed by atoms with Gasteiger partial charge in [0.15, 0.2) is 11.4 Å². The molecule has 2 atom stereocenters. The maximum Gasteiger partial charge on any atom is 0.248 e. The summed E-state index contributed by atoms with van der Waals surface area (Å²) in [5.74, 6) is -0.169. The van der Waals surface area contributed by atoms with Crippen LogP contribution in [0.25, 0.3) is 28.2 Å². The van der Waals surface area contributed by atoms with Crippen molar-refractivity contribution in [3.63, 3.8) is 0 Å². The number of aromatic nitrogens is 6. The van der Waals surface area contributed by atoms with E-state index >= 15 is 0 Å². The summed E-state index contributed by atoms with van der Waals surface area (Å²) in [6.07, 6.45) is 8.23. The van der Waals surface area contributed by atoms with Gasteiger partial charge in [0, 0.05) is 41.5 Å². The number of Topliss-reactive ketones (excluding diaryl/α,β-unsaturated/α-hetero) is 1. The number of fused-ring (bicyclic) bond motifs is 3. The number of aliphatic hydroxyl groups is 1. The fourth-order valence-corrected chi connectivity index (χ4v) is 5.89. The number of nitrogens with zero attached hydrogens (tertiary/aromatic N) is 6. The van der Waals surface area contributed by atoms with Crippen LogP contribution in [-0.2, 0) is 4.79 Å². The Morgan fingerprint density at radius 3 is 2.56 bits per heavy atom. The number of hydrogen-bond donors (Lipinski definition) is 3. The summed E-state index contributed by atoms with van der Waals surface area (Å²) in [5, 5.41) is 20.7. The molecule has 4 aromatic heterocycles. The first kappa shape index (κ1) is 22.4. The lowest BCUT2D eigenvalue weighted by atomic mass is 9.85. The van der Waals surface area contributed by atoms with E-state index in [1.165, 1.54) is 11.4 Å². The van der Waals surface area contributed by atoms with Crippen LogP contribution in [0.1, 0.15) is 54.6 Å². The second-order valence-electron chi connectivity index (χ2n) is 9.52. The van der Waals surface area contributed by atoms with Crippen molar-refractivity contribution in [3.8, 4) is 22.5 Å². The highest BCUT2D eigenvalue weighted by atomic mass is 16.3. The van der Waals surface area contributed by atoms with Crippen LogP contribution in [0.2, 0.25) is 0 Å². The smallest absolute Gasteiger partial charge is 0.248 e. The molecule has 2 aliphatic heterocycles. The summed E-state index contributed by atoms with van der Waals surface area (Å²) in [6.45, 7) is 1.00. The van der Waals surface area contributed by atoms with Gasteiger partial charge in [0.25, 0.3) is 0 Å². The topological polar surface area (TPSA) is 155 Å². The largest absolute Gasteiger partial charge is 0.387 e. The summed E-state index contributed by atoms with van der Waals surface area (Å²) in [6, 6.07) is 5.73. The summed E-state index contributed by atoms with van der Waals surface area (Å²) in [4.78, 5) is 36.4. The maximum atomic E-state index is 12.7. The minimum absolute atomic E-state index is 0.0241. The van der Waals surface area contributed by atoms with Crippen LogP contribution in [0.5, 0.6) is 0 Å². The number of aliphatic hydroxyl groups excluding tert-OH is 1. The number of piperidine rings is 1. The normalized spacial score (nSPS) is 21.3. The van der Waals surface area contributed by atoms with E-state index in [1.807, 2.05) is 23.1 Å². The Morgan fingerprint density at radius 2 is 1.94 bits per heavy atom. The molecule has 11 heteroatoms. The average Bonchev–Trinajstić information content (AvgIpc) is 3.62. The first-order chi connectivity index (χ1) is 17.5. The van der Waals surface area contributed by atoms with E-state index in [0.29, 0.717) is 29.7 Å². The molecule has 4 aromatic rings. The zero-order valence-electron chi connectivity index (χ0n) is 19.8. The third kappa shape index (κ3) is 3.46. The molecule has 36 heavy (non-hydrogen) atoms. The molecule has 0 radical (unpaired) electrons. The van der Waals surface area contributed by atoms with Gasteiger partial charge in [0.05, 0.1) is 28.8 Å². The first-order valence-electron chi connectivity index (χ1n) is 12.0. The minimum Gasteiger partial charge on any atom is -0.387 e. The van der Waals surface area contributed by atoms with Crippen molar-refractivity contribution in [2.45, 2.75) is 50.6 Å². The molecule has 0 aliphatic carbocycles. The highest BCUT2D eigenvalue weighted by Gasteiger charge is 2.44. The molecule has 11 nitrogen and oxygen atoms in total. The number of carbonyl (C=O) groups is 2. The highest BCUT2D eigenvalue weighted by Crippen LogP contribution is 2.44. The summed E-state index contributed by atoms with van der Waals surface area (Å²) in [7, 11) is 0. The van der Waals surface area contributed by atoms with E-state index in [0.717, 1.165) is 35.4 Å². The number of nitrogen functional groups attached to an aromatic ring is 1. The van der Waals surface area contributed by atoms with Crippen molar-refractivity contribution in [2.24, 2.45) is 0 Å². The number of ketones is 1. The van der Waals surface area contributed by atoms with Crippen LogP contribution in [0.4, 0.5) is 5.82 Å². The van der Waals surface area contributed by atoms with Gasteiger partial charge in [0.1, 0.15) is 12.4 Å². The van der Waals surface area contributed by atoms with Crippen LogP contribution in [-0.4, -0.2) is 70.2 Å². The van der Waals surface area contributed by atoms with Crippen molar-refractivity contribution in [3.05, 3.63) is 48.0 Å². The van der Waals surface area contributed by atoms with Crippen molar-refractivity contribution in [1.29, 1.82) is 0 Å². The number of H-pyrrole nitrogens is 1.